The van der Waals surface area contributed by atoms with Crippen LogP contribution in [0.4, 0.5) is 0 Å². The van der Waals surface area contributed by atoms with Crippen LogP contribution >= 0.6 is 11.8 Å². The van der Waals surface area contributed by atoms with Crippen LogP contribution in [0.3, 0.4) is 0 Å². The Hall–Kier alpha value is -0.710. The van der Waals surface area contributed by atoms with Gasteiger partial charge in [-0.15, -0.1) is 0 Å². The van der Waals surface area contributed by atoms with Crippen molar-refractivity contribution in [2.75, 3.05) is 18.6 Å². The quantitative estimate of drug-likeness (QED) is 0.474. The summed E-state index contributed by atoms with van der Waals surface area (Å²) in [7, 11) is 0. The van der Waals surface area contributed by atoms with E-state index in [-0.39, 0.29) is 0 Å². The summed E-state index contributed by atoms with van der Waals surface area (Å²) >= 11 is 1.81. The minimum atomic E-state index is -1.08. The zero-order valence-corrected chi connectivity index (χ0v) is 9.23. The Morgan fingerprint density at radius 2 is 2.00 bits per heavy atom. The molecule has 1 amide bonds. The number of carbonyl (C=O) groups excluding carboxylic acids is 1. The maximum absolute atomic E-state index is 10.8. The second-order valence-electron chi connectivity index (χ2n) is 2.97. The Morgan fingerprint density at radius 3 is 2.57 bits per heavy atom. The van der Waals surface area contributed by atoms with Crippen molar-refractivity contribution in [3.63, 3.8) is 0 Å². The van der Waals surface area contributed by atoms with Crippen LogP contribution in [-0.2, 0) is 9.59 Å². The van der Waals surface area contributed by atoms with Gasteiger partial charge in [0.05, 0.1) is 0 Å². The van der Waals surface area contributed by atoms with Gasteiger partial charge in [-0.3, -0.25) is 9.59 Å². The molecule has 0 saturated heterocycles. The molecule has 0 bridgehead atoms. The predicted octanol–water partition coefficient (Wildman–Crippen LogP) is 1.11. The van der Waals surface area contributed by atoms with E-state index in [2.05, 4.69) is 11.6 Å². The molecular weight excluding hydrogens is 202 g/mol. The van der Waals surface area contributed by atoms with Gasteiger partial charge < -0.3 is 10.4 Å². The molecule has 0 aromatic carbocycles. The standard InChI is InChI=1S/C9H17NO3S/c1-14-6-4-2-3-5-10-8(11)7-9(12)13/h2-7H2,1H3,(H,10,11)(H,12,13). The highest BCUT2D eigenvalue weighted by atomic mass is 32.2. The number of rotatable bonds is 8. The second kappa shape index (κ2) is 8.87. The van der Waals surface area contributed by atoms with E-state index >= 15 is 0 Å². The molecule has 0 aliphatic rings. The number of unbranched alkanes of at least 4 members (excludes halogenated alkanes) is 2. The van der Waals surface area contributed by atoms with E-state index in [9.17, 15) is 9.59 Å². The molecule has 0 aromatic heterocycles. The molecule has 0 fully saturated rings. The number of amides is 1. The van der Waals surface area contributed by atoms with E-state index in [1.807, 2.05) is 11.8 Å². The van der Waals surface area contributed by atoms with Gasteiger partial charge in [0.15, 0.2) is 0 Å². The number of nitrogens with one attached hydrogen (secondary N) is 1. The molecule has 0 aliphatic heterocycles. The van der Waals surface area contributed by atoms with Gasteiger partial charge in [0.2, 0.25) is 5.91 Å². The number of carboxylic acids is 1. The molecule has 0 rings (SSSR count). The van der Waals surface area contributed by atoms with E-state index in [0.29, 0.717) is 6.54 Å². The molecule has 0 spiro atoms. The largest absolute Gasteiger partial charge is 0.481 e. The van der Waals surface area contributed by atoms with Crippen LogP contribution in [0.25, 0.3) is 0 Å². The van der Waals surface area contributed by atoms with Crippen LogP contribution in [0.1, 0.15) is 25.7 Å². The van der Waals surface area contributed by atoms with Crippen molar-refractivity contribution in [3.05, 3.63) is 0 Å². The molecule has 0 unspecified atom stereocenters. The molecule has 0 atom stereocenters. The van der Waals surface area contributed by atoms with Crippen LogP contribution in [0.15, 0.2) is 0 Å². The van der Waals surface area contributed by atoms with E-state index in [0.717, 1.165) is 25.0 Å². The molecule has 0 aliphatic carbocycles. The maximum atomic E-state index is 10.8. The highest BCUT2D eigenvalue weighted by molar-refractivity contribution is 7.98. The van der Waals surface area contributed by atoms with Crippen molar-refractivity contribution in [2.24, 2.45) is 0 Å². The Morgan fingerprint density at radius 1 is 1.29 bits per heavy atom. The molecule has 0 heterocycles. The third-order valence-corrected chi connectivity index (χ3v) is 2.36. The molecule has 0 saturated carbocycles. The van der Waals surface area contributed by atoms with Crippen molar-refractivity contribution < 1.29 is 14.7 Å². The first-order valence-corrected chi connectivity index (χ1v) is 6.03. The lowest BCUT2D eigenvalue weighted by atomic mass is 10.2. The van der Waals surface area contributed by atoms with Gasteiger partial charge in [0.1, 0.15) is 6.42 Å². The van der Waals surface area contributed by atoms with Crippen molar-refractivity contribution in [1.29, 1.82) is 0 Å². The van der Waals surface area contributed by atoms with E-state index < -0.39 is 18.3 Å². The molecular formula is C9H17NO3S. The van der Waals surface area contributed by atoms with Crippen molar-refractivity contribution in [3.8, 4) is 0 Å². The van der Waals surface area contributed by atoms with Gasteiger partial charge in [-0.1, -0.05) is 6.42 Å². The van der Waals surface area contributed by atoms with Crippen molar-refractivity contribution in [2.45, 2.75) is 25.7 Å². The lowest BCUT2D eigenvalue weighted by molar-refractivity contribution is -0.140. The summed E-state index contributed by atoms with van der Waals surface area (Å²) in [6.07, 6.45) is 4.79. The third-order valence-electron chi connectivity index (χ3n) is 1.66. The van der Waals surface area contributed by atoms with Gasteiger partial charge in [-0.2, -0.15) is 11.8 Å². The SMILES string of the molecule is CSCCCCCNC(=O)CC(=O)O. The number of aliphatic carboxylic acids is 1. The Labute approximate surface area is 88.4 Å². The first-order chi connectivity index (χ1) is 6.66. The molecule has 4 nitrogen and oxygen atoms in total. The zero-order chi connectivity index (χ0) is 10.8. The van der Waals surface area contributed by atoms with Crippen LogP contribution < -0.4 is 5.32 Å². The summed E-state index contributed by atoms with van der Waals surface area (Å²) in [5.41, 5.74) is 0. The fraction of sp³-hybridized carbons (Fsp3) is 0.778. The fourth-order valence-corrected chi connectivity index (χ4v) is 1.47. The summed E-state index contributed by atoms with van der Waals surface area (Å²) in [6.45, 7) is 0.584. The van der Waals surface area contributed by atoms with Gasteiger partial charge in [-0.05, 0) is 24.9 Å². The minimum absolute atomic E-state index is 0.401. The Bertz CT molecular complexity index is 185. The van der Waals surface area contributed by atoms with Crippen LogP contribution in [-0.4, -0.2) is 35.5 Å². The normalized spacial score (nSPS) is 9.79. The average molecular weight is 219 g/mol. The summed E-state index contributed by atoms with van der Waals surface area (Å²) < 4.78 is 0. The highest BCUT2D eigenvalue weighted by Gasteiger charge is 2.05. The first-order valence-electron chi connectivity index (χ1n) is 4.64. The molecule has 14 heavy (non-hydrogen) atoms. The molecule has 2 N–H and O–H groups in total. The molecule has 82 valence electrons. The first kappa shape index (κ1) is 13.3. The Kier molecular flexibility index (Phi) is 8.42. The summed E-state index contributed by atoms with van der Waals surface area (Å²) in [5.74, 6) is -0.337. The van der Waals surface area contributed by atoms with Crippen LogP contribution in [0, 0.1) is 0 Å². The zero-order valence-electron chi connectivity index (χ0n) is 8.41. The molecule has 0 radical (unpaired) electrons. The minimum Gasteiger partial charge on any atom is -0.481 e. The lowest BCUT2D eigenvalue weighted by Crippen LogP contribution is -2.26. The summed E-state index contributed by atoms with van der Waals surface area (Å²) in [5, 5.41) is 10.9. The van der Waals surface area contributed by atoms with E-state index in [4.69, 9.17) is 5.11 Å². The van der Waals surface area contributed by atoms with Gasteiger partial charge in [0.25, 0.3) is 0 Å². The number of carbonyl (C=O) groups is 2. The summed E-state index contributed by atoms with van der Waals surface area (Å²) in [6, 6.07) is 0. The molecule has 5 heteroatoms. The predicted molar refractivity (Wildman–Crippen MR) is 57.5 cm³/mol. The maximum Gasteiger partial charge on any atom is 0.312 e. The van der Waals surface area contributed by atoms with Crippen LogP contribution in [0.2, 0.25) is 0 Å². The van der Waals surface area contributed by atoms with Gasteiger partial charge in [0, 0.05) is 6.54 Å². The number of hydrogen-bond acceptors (Lipinski definition) is 3. The number of hydrogen-bond donors (Lipinski definition) is 2. The highest BCUT2D eigenvalue weighted by Crippen LogP contribution is 2.01. The van der Waals surface area contributed by atoms with Gasteiger partial charge >= 0.3 is 5.97 Å². The lowest BCUT2D eigenvalue weighted by Gasteiger charge is -2.02. The second-order valence-corrected chi connectivity index (χ2v) is 3.96. The molecule has 0 aromatic rings. The van der Waals surface area contributed by atoms with Crippen molar-refractivity contribution in [1.82, 2.24) is 5.32 Å². The number of thioether (sulfide) groups is 1. The van der Waals surface area contributed by atoms with E-state index in [1.54, 1.807) is 0 Å². The fourth-order valence-electron chi connectivity index (χ4n) is 0.976. The third kappa shape index (κ3) is 9.38. The Balaban J connectivity index is 3.19. The van der Waals surface area contributed by atoms with Crippen LogP contribution in [0.5, 0.6) is 0 Å². The average Bonchev–Trinajstić information content (AvgIpc) is 2.10. The van der Waals surface area contributed by atoms with Gasteiger partial charge in [-0.25, -0.2) is 0 Å². The number of carboxylic acid groups (broad SMARTS) is 1. The topological polar surface area (TPSA) is 66.4 Å². The monoisotopic (exact) mass is 219 g/mol. The summed E-state index contributed by atoms with van der Waals surface area (Å²) in [4.78, 5) is 21.0. The van der Waals surface area contributed by atoms with E-state index in [1.165, 1.54) is 0 Å². The van der Waals surface area contributed by atoms with Crippen molar-refractivity contribution >= 4 is 23.6 Å². The smallest absolute Gasteiger partial charge is 0.312 e.